The number of piperidine rings is 2. The standard InChI is InChI=1S/C16H20N2O.C14H20N2O.C2H6/c1-17-9-4-5-13(11-17)12-18-10-8-14-6-2-3-7-15(14)16(18)19;1-15-14(17)13-5-3-4-12(10-13)11-6-8-16(2)9-7-11;1-2/h2-3,6-8,10,13H,4-5,9,11-12H2,1H3;3-5,10-11H,6-9H2,1-2H3,(H,15,17);1-2H3. The van der Waals surface area contributed by atoms with Crippen LogP contribution in [0.3, 0.4) is 0 Å². The molecule has 1 atom stereocenters. The minimum Gasteiger partial charge on any atom is -0.355 e. The molecule has 38 heavy (non-hydrogen) atoms. The fourth-order valence-corrected chi connectivity index (χ4v) is 5.49. The number of carbonyl (C=O) groups excluding carboxylic acids is 1. The van der Waals surface area contributed by atoms with Crippen molar-refractivity contribution in [1.82, 2.24) is 19.7 Å². The molecule has 206 valence electrons. The normalized spacial score (nSPS) is 18.6. The molecule has 1 unspecified atom stereocenters. The van der Waals surface area contributed by atoms with Gasteiger partial charge in [0.05, 0.1) is 0 Å². The van der Waals surface area contributed by atoms with Crippen molar-refractivity contribution < 1.29 is 4.79 Å². The van der Waals surface area contributed by atoms with Crippen molar-refractivity contribution in [3.63, 3.8) is 0 Å². The second-order valence-electron chi connectivity index (χ2n) is 10.4. The molecule has 6 nitrogen and oxygen atoms in total. The zero-order valence-corrected chi connectivity index (χ0v) is 24.0. The van der Waals surface area contributed by atoms with Crippen LogP contribution < -0.4 is 10.9 Å². The van der Waals surface area contributed by atoms with Gasteiger partial charge in [-0.3, -0.25) is 9.59 Å². The molecular weight excluding hydrogens is 472 g/mol. The van der Waals surface area contributed by atoms with Gasteiger partial charge in [0.25, 0.3) is 11.5 Å². The maximum atomic E-state index is 12.4. The number of aromatic nitrogens is 1. The number of fused-ring (bicyclic) bond motifs is 1. The Morgan fingerprint density at radius 3 is 2.37 bits per heavy atom. The van der Waals surface area contributed by atoms with Gasteiger partial charge >= 0.3 is 0 Å². The van der Waals surface area contributed by atoms with Crippen LogP contribution in [0, 0.1) is 5.92 Å². The smallest absolute Gasteiger partial charge is 0.258 e. The minimum absolute atomic E-state index is 0.000206. The molecule has 6 heteroatoms. The molecule has 0 saturated carbocycles. The Labute approximate surface area is 228 Å². The zero-order valence-electron chi connectivity index (χ0n) is 24.0. The van der Waals surface area contributed by atoms with Crippen molar-refractivity contribution in [3.8, 4) is 0 Å². The molecule has 2 fully saturated rings. The molecule has 5 rings (SSSR count). The summed E-state index contributed by atoms with van der Waals surface area (Å²) in [7, 11) is 6.00. The van der Waals surface area contributed by atoms with Gasteiger partial charge < -0.3 is 19.7 Å². The van der Waals surface area contributed by atoms with Gasteiger partial charge in [-0.15, -0.1) is 0 Å². The van der Waals surface area contributed by atoms with Crippen LogP contribution in [0.4, 0.5) is 0 Å². The van der Waals surface area contributed by atoms with Gasteiger partial charge in [0.2, 0.25) is 0 Å². The van der Waals surface area contributed by atoms with Crippen molar-refractivity contribution in [2.75, 3.05) is 47.3 Å². The zero-order chi connectivity index (χ0) is 27.5. The summed E-state index contributed by atoms with van der Waals surface area (Å²) in [5.41, 5.74) is 2.22. The van der Waals surface area contributed by atoms with Crippen molar-refractivity contribution in [3.05, 3.63) is 82.3 Å². The molecule has 2 aliphatic heterocycles. The van der Waals surface area contributed by atoms with Gasteiger partial charge in [0, 0.05) is 37.3 Å². The van der Waals surface area contributed by atoms with E-state index in [-0.39, 0.29) is 11.5 Å². The molecule has 0 radical (unpaired) electrons. The molecule has 2 aliphatic rings. The first-order valence-electron chi connectivity index (χ1n) is 14.2. The quantitative estimate of drug-likeness (QED) is 0.514. The second-order valence-corrected chi connectivity index (χ2v) is 10.4. The lowest BCUT2D eigenvalue weighted by atomic mass is 9.89. The highest BCUT2D eigenvalue weighted by molar-refractivity contribution is 5.94. The van der Waals surface area contributed by atoms with E-state index in [1.165, 1.54) is 37.8 Å². The lowest BCUT2D eigenvalue weighted by molar-refractivity contribution is 0.0963. The van der Waals surface area contributed by atoms with Crippen LogP contribution in [0.2, 0.25) is 0 Å². The average molecular weight is 519 g/mol. The SMILES string of the molecule is CC.CN1CCCC(Cn2ccc3ccccc3c2=O)C1.CNC(=O)c1cccc(C2CCN(C)CC2)c1. The average Bonchev–Trinajstić information content (AvgIpc) is 2.96. The van der Waals surface area contributed by atoms with Crippen molar-refractivity contribution in [1.29, 1.82) is 0 Å². The van der Waals surface area contributed by atoms with Crippen LogP contribution in [0.25, 0.3) is 10.8 Å². The third kappa shape index (κ3) is 8.02. The minimum atomic E-state index is -0.000206. The molecule has 1 N–H and O–H groups in total. The van der Waals surface area contributed by atoms with Crippen molar-refractivity contribution in [2.24, 2.45) is 5.92 Å². The number of likely N-dealkylation sites (tertiary alicyclic amines) is 2. The Balaban J connectivity index is 0.000000199. The number of nitrogens with one attached hydrogen (secondary N) is 1. The Bertz CT molecular complexity index is 1210. The molecule has 3 heterocycles. The first-order valence-corrected chi connectivity index (χ1v) is 14.2. The molecular formula is C32H46N4O2. The predicted molar refractivity (Wildman–Crippen MR) is 159 cm³/mol. The first-order chi connectivity index (χ1) is 18.4. The van der Waals surface area contributed by atoms with Crippen molar-refractivity contribution in [2.45, 2.75) is 52.0 Å². The van der Waals surface area contributed by atoms with Crippen LogP contribution in [0.15, 0.2) is 65.6 Å². The molecule has 0 aliphatic carbocycles. The van der Waals surface area contributed by atoms with Crippen LogP contribution in [0.5, 0.6) is 0 Å². The third-order valence-electron chi connectivity index (χ3n) is 7.63. The van der Waals surface area contributed by atoms with Crippen LogP contribution in [-0.4, -0.2) is 67.6 Å². The monoisotopic (exact) mass is 518 g/mol. The Kier molecular flexibility index (Phi) is 11.6. The maximum Gasteiger partial charge on any atom is 0.258 e. The number of nitrogens with zero attached hydrogens (tertiary/aromatic N) is 3. The highest BCUT2D eigenvalue weighted by atomic mass is 16.1. The summed E-state index contributed by atoms with van der Waals surface area (Å²) in [5.74, 6) is 1.20. The Morgan fingerprint density at radius 2 is 1.66 bits per heavy atom. The summed E-state index contributed by atoms with van der Waals surface area (Å²) >= 11 is 0. The van der Waals surface area contributed by atoms with E-state index in [1.54, 1.807) is 7.05 Å². The highest BCUT2D eigenvalue weighted by Gasteiger charge is 2.19. The number of hydrogen-bond donors (Lipinski definition) is 1. The number of rotatable bonds is 4. The second kappa shape index (κ2) is 14.8. The fraction of sp³-hybridized carbons (Fsp3) is 0.500. The molecule has 3 aromatic rings. The van der Waals surface area contributed by atoms with Gasteiger partial charge in [-0.2, -0.15) is 0 Å². The lowest BCUT2D eigenvalue weighted by Crippen LogP contribution is -2.36. The summed E-state index contributed by atoms with van der Waals surface area (Å²) < 4.78 is 1.88. The summed E-state index contributed by atoms with van der Waals surface area (Å²) in [6.45, 7) is 9.42. The fourth-order valence-electron chi connectivity index (χ4n) is 5.49. The number of benzene rings is 2. The number of hydrogen-bond acceptors (Lipinski definition) is 4. The molecule has 2 saturated heterocycles. The molecule has 2 aromatic carbocycles. The van der Waals surface area contributed by atoms with Gasteiger partial charge in [-0.05, 0) is 106 Å². The van der Waals surface area contributed by atoms with Crippen LogP contribution in [0.1, 0.15) is 61.4 Å². The van der Waals surface area contributed by atoms with Crippen molar-refractivity contribution >= 4 is 16.7 Å². The van der Waals surface area contributed by atoms with E-state index in [0.29, 0.717) is 11.8 Å². The molecule has 1 aromatic heterocycles. The summed E-state index contributed by atoms with van der Waals surface area (Å²) in [6, 6.07) is 17.9. The van der Waals surface area contributed by atoms with Crippen LogP contribution >= 0.6 is 0 Å². The lowest BCUT2D eigenvalue weighted by Gasteiger charge is -2.30. The Hall–Kier alpha value is -2.96. The Morgan fingerprint density at radius 1 is 0.921 bits per heavy atom. The van der Waals surface area contributed by atoms with E-state index in [2.05, 4.69) is 35.3 Å². The highest BCUT2D eigenvalue weighted by Crippen LogP contribution is 2.27. The van der Waals surface area contributed by atoms with Gasteiger partial charge in [0.15, 0.2) is 0 Å². The van der Waals surface area contributed by atoms with E-state index in [0.717, 1.165) is 42.5 Å². The summed E-state index contributed by atoms with van der Waals surface area (Å²) in [4.78, 5) is 28.7. The predicted octanol–water partition coefficient (Wildman–Crippen LogP) is 5.22. The van der Waals surface area contributed by atoms with E-state index >= 15 is 0 Å². The number of amides is 1. The third-order valence-corrected chi connectivity index (χ3v) is 7.63. The molecule has 1 amide bonds. The summed E-state index contributed by atoms with van der Waals surface area (Å²) in [6.07, 6.45) is 6.79. The van der Waals surface area contributed by atoms with Gasteiger partial charge in [-0.1, -0.05) is 44.2 Å². The largest absolute Gasteiger partial charge is 0.355 e. The van der Waals surface area contributed by atoms with E-state index in [1.807, 2.05) is 73.1 Å². The number of carbonyl (C=O) groups is 1. The van der Waals surface area contributed by atoms with Crippen LogP contribution in [-0.2, 0) is 6.54 Å². The van der Waals surface area contributed by atoms with E-state index < -0.39 is 0 Å². The first kappa shape index (κ1) is 29.6. The number of pyridine rings is 1. The summed E-state index contributed by atoms with van der Waals surface area (Å²) in [5, 5.41) is 4.53. The molecule has 0 spiro atoms. The van der Waals surface area contributed by atoms with E-state index in [9.17, 15) is 9.59 Å². The topological polar surface area (TPSA) is 57.6 Å². The van der Waals surface area contributed by atoms with Gasteiger partial charge in [0.1, 0.15) is 0 Å². The maximum absolute atomic E-state index is 12.4. The van der Waals surface area contributed by atoms with E-state index in [4.69, 9.17) is 0 Å². The molecule has 0 bridgehead atoms. The van der Waals surface area contributed by atoms with Gasteiger partial charge in [-0.25, -0.2) is 0 Å².